The van der Waals surface area contributed by atoms with Crippen molar-refractivity contribution in [1.29, 1.82) is 0 Å². The Morgan fingerprint density at radius 1 is 1.08 bits per heavy atom. The van der Waals surface area contributed by atoms with Gasteiger partial charge < -0.3 is 21.3 Å². The first-order valence-electron chi connectivity index (χ1n) is 9.31. The molecular weight excluding hydrogens is 300 g/mol. The van der Waals surface area contributed by atoms with Gasteiger partial charge in [0.25, 0.3) is 0 Å². The number of anilines is 2. The molecule has 1 aromatic carbocycles. The van der Waals surface area contributed by atoms with Crippen LogP contribution in [0.15, 0.2) is 24.3 Å². The van der Waals surface area contributed by atoms with Crippen molar-refractivity contribution in [3.8, 4) is 0 Å². The van der Waals surface area contributed by atoms with Gasteiger partial charge in [0.2, 0.25) is 5.91 Å². The lowest BCUT2D eigenvalue weighted by atomic mass is 9.82. The molecule has 1 amide bonds. The summed E-state index contributed by atoms with van der Waals surface area (Å²) in [6.45, 7) is 3.15. The van der Waals surface area contributed by atoms with Gasteiger partial charge in [-0.2, -0.15) is 0 Å². The zero-order valence-corrected chi connectivity index (χ0v) is 14.3. The van der Waals surface area contributed by atoms with Gasteiger partial charge in [0, 0.05) is 25.7 Å². The molecule has 0 aromatic heterocycles. The highest BCUT2D eigenvalue weighted by Gasteiger charge is 2.44. The Kier molecular flexibility index (Phi) is 4.22. The van der Waals surface area contributed by atoms with Crippen LogP contribution in [0.25, 0.3) is 0 Å². The number of likely N-dealkylation sites (tertiary alicyclic amines) is 1. The molecule has 1 saturated carbocycles. The number of para-hydroxylation sites is 2. The average Bonchev–Trinajstić information content (AvgIpc) is 2.60. The molecule has 0 unspecified atom stereocenters. The van der Waals surface area contributed by atoms with E-state index in [1.54, 1.807) is 0 Å². The van der Waals surface area contributed by atoms with Crippen LogP contribution in [0.1, 0.15) is 38.5 Å². The maximum Gasteiger partial charge on any atom is 0.250 e. The second kappa shape index (κ2) is 6.37. The molecule has 1 saturated heterocycles. The second-order valence-electron chi connectivity index (χ2n) is 7.79. The fourth-order valence-electron chi connectivity index (χ4n) is 4.46. The fourth-order valence-corrected chi connectivity index (χ4v) is 4.46. The number of hydrogen-bond acceptors (Lipinski definition) is 4. The van der Waals surface area contributed by atoms with Crippen LogP contribution in [0.5, 0.6) is 0 Å². The fraction of sp³-hybridized carbons (Fsp3) is 0.632. The van der Waals surface area contributed by atoms with Crippen molar-refractivity contribution in [1.82, 2.24) is 4.90 Å². The van der Waals surface area contributed by atoms with Crippen molar-refractivity contribution in [3.05, 3.63) is 24.3 Å². The summed E-state index contributed by atoms with van der Waals surface area (Å²) >= 11 is 0. The van der Waals surface area contributed by atoms with E-state index in [2.05, 4.69) is 15.5 Å². The van der Waals surface area contributed by atoms with Gasteiger partial charge in [-0.1, -0.05) is 12.1 Å². The summed E-state index contributed by atoms with van der Waals surface area (Å²) in [6, 6.07) is 8.39. The van der Waals surface area contributed by atoms with Gasteiger partial charge in [0.15, 0.2) is 0 Å². The van der Waals surface area contributed by atoms with Crippen molar-refractivity contribution in [2.45, 2.75) is 50.1 Å². The number of piperidine rings is 1. The van der Waals surface area contributed by atoms with E-state index in [9.17, 15) is 4.79 Å². The smallest absolute Gasteiger partial charge is 0.250 e. The molecule has 2 fully saturated rings. The van der Waals surface area contributed by atoms with Crippen LogP contribution in [-0.2, 0) is 4.79 Å². The molecular formula is C19H28N4O. The predicted octanol–water partition coefficient (Wildman–Crippen LogP) is 2.40. The van der Waals surface area contributed by atoms with Crippen LogP contribution in [0.2, 0.25) is 0 Å². The Hall–Kier alpha value is -1.59. The third kappa shape index (κ3) is 3.03. The number of amides is 1. The van der Waals surface area contributed by atoms with E-state index in [1.807, 2.05) is 24.3 Å². The largest absolute Gasteiger partial charge is 0.369 e. The van der Waals surface area contributed by atoms with Crippen molar-refractivity contribution in [2.24, 2.45) is 11.7 Å². The lowest BCUT2D eigenvalue weighted by Gasteiger charge is -2.45. The highest BCUT2D eigenvalue weighted by atomic mass is 16.2. The van der Waals surface area contributed by atoms with Gasteiger partial charge in [-0.05, 0) is 56.6 Å². The van der Waals surface area contributed by atoms with Crippen molar-refractivity contribution in [3.63, 3.8) is 0 Å². The topological polar surface area (TPSA) is 70.4 Å². The van der Waals surface area contributed by atoms with Crippen LogP contribution >= 0.6 is 0 Å². The number of fused-ring (bicyclic) bond motifs is 1. The summed E-state index contributed by atoms with van der Waals surface area (Å²) < 4.78 is 0. The molecule has 5 nitrogen and oxygen atoms in total. The molecule has 130 valence electrons. The van der Waals surface area contributed by atoms with Gasteiger partial charge in [-0.3, -0.25) is 4.79 Å². The number of carbonyl (C=O) groups is 1. The minimum absolute atomic E-state index is 0.129. The zero-order chi connectivity index (χ0) is 16.6. The molecule has 2 heterocycles. The maximum atomic E-state index is 12.7. The average molecular weight is 328 g/mol. The Balaban J connectivity index is 1.36. The standard InChI is InChI=1S/C19H28N4O/c20-15-7-5-14(6-8-15)13-23-11-9-19(10-12-23)18(24)21-16-3-1-2-4-17(16)22-19/h1-4,14-15,22H,5-13,20H2,(H,21,24). The first-order chi connectivity index (χ1) is 11.6. The number of rotatable bonds is 2. The van der Waals surface area contributed by atoms with Gasteiger partial charge in [0.1, 0.15) is 5.54 Å². The number of nitrogens with one attached hydrogen (secondary N) is 2. The van der Waals surface area contributed by atoms with Crippen LogP contribution in [-0.4, -0.2) is 42.0 Å². The molecule has 4 rings (SSSR count). The minimum Gasteiger partial charge on any atom is -0.369 e. The highest BCUT2D eigenvalue weighted by Crippen LogP contribution is 2.36. The molecule has 1 spiro atoms. The van der Waals surface area contributed by atoms with E-state index < -0.39 is 5.54 Å². The predicted molar refractivity (Wildman–Crippen MR) is 97.0 cm³/mol. The Morgan fingerprint density at radius 2 is 1.75 bits per heavy atom. The summed E-state index contributed by atoms with van der Waals surface area (Å²) in [5.74, 6) is 0.914. The third-order valence-electron chi connectivity index (χ3n) is 6.10. The lowest BCUT2D eigenvalue weighted by molar-refractivity contribution is -0.122. The molecule has 3 aliphatic rings. The van der Waals surface area contributed by atoms with Gasteiger partial charge in [-0.15, -0.1) is 0 Å². The second-order valence-corrected chi connectivity index (χ2v) is 7.79. The Bertz CT molecular complexity index is 601. The van der Waals surface area contributed by atoms with E-state index >= 15 is 0 Å². The first kappa shape index (κ1) is 15.9. The molecule has 2 aliphatic heterocycles. The van der Waals surface area contributed by atoms with Gasteiger partial charge in [0.05, 0.1) is 11.4 Å². The first-order valence-corrected chi connectivity index (χ1v) is 9.31. The summed E-state index contributed by atoms with van der Waals surface area (Å²) in [4.78, 5) is 15.2. The van der Waals surface area contributed by atoms with E-state index in [0.29, 0.717) is 6.04 Å². The zero-order valence-electron chi connectivity index (χ0n) is 14.3. The summed E-state index contributed by atoms with van der Waals surface area (Å²) in [5, 5.41) is 6.62. The number of carbonyl (C=O) groups excluding carboxylic acids is 1. The van der Waals surface area contributed by atoms with E-state index in [4.69, 9.17) is 5.73 Å². The summed E-state index contributed by atoms with van der Waals surface area (Å²) in [6.07, 6.45) is 6.61. The summed E-state index contributed by atoms with van der Waals surface area (Å²) in [7, 11) is 0. The van der Waals surface area contributed by atoms with Crippen molar-refractivity contribution in [2.75, 3.05) is 30.3 Å². The van der Waals surface area contributed by atoms with Gasteiger partial charge >= 0.3 is 0 Å². The number of hydrogen-bond donors (Lipinski definition) is 3. The monoisotopic (exact) mass is 328 g/mol. The number of nitrogens with two attached hydrogens (primary N) is 1. The van der Waals surface area contributed by atoms with E-state index in [-0.39, 0.29) is 5.91 Å². The number of benzene rings is 1. The van der Waals surface area contributed by atoms with Crippen molar-refractivity contribution < 1.29 is 4.79 Å². The molecule has 1 aromatic rings. The quantitative estimate of drug-likeness (QED) is 0.780. The van der Waals surface area contributed by atoms with Crippen LogP contribution < -0.4 is 16.4 Å². The van der Waals surface area contributed by atoms with Crippen LogP contribution in [0.3, 0.4) is 0 Å². The van der Waals surface area contributed by atoms with Crippen LogP contribution in [0, 0.1) is 5.92 Å². The normalized spacial score (nSPS) is 29.6. The van der Waals surface area contributed by atoms with E-state index in [1.165, 1.54) is 32.2 Å². The number of nitrogens with zero attached hydrogens (tertiary/aromatic N) is 1. The molecule has 0 atom stereocenters. The highest BCUT2D eigenvalue weighted by molar-refractivity contribution is 6.06. The van der Waals surface area contributed by atoms with Crippen molar-refractivity contribution >= 4 is 17.3 Å². The Morgan fingerprint density at radius 3 is 2.46 bits per heavy atom. The molecule has 0 radical (unpaired) electrons. The molecule has 4 N–H and O–H groups in total. The summed E-state index contributed by atoms with van der Waals surface area (Å²) in [5.41, 5.74) is 7.53. The molecule has 5 heteroatoms. The third-order valence-corrected chi connectivity index (χ3v) is 6.10. The molecule has 24 heavy (non-hydrogen) atoms. The molecule has 0 bridgehead atoms. The Labute approximate surface area is 144 Å². The lowest BCUT2D eigenvalue weighted by Crippen LogP contribution is -2.58. The van der Waals surface area contributed by atoms with E-state index in [0.717, 1.165) is 43.2 Å². The molecule has 1 aliphatic carbocycles. The van der Waals surface area contributed by atoms with Crippen LogP contribution in [0.4, 0.5) is 11.4 Å². The minimum atomic E-state index is -0.431. The maximum absolute atomic E-state index is 12.7. The SMILES string of the molecule is NC1CCC(CN2CCC3(CC2)Nc2ccccc2NC3=O)CC1. The van der Waals surface area contributed by atoms with Gasteiger partial charge in [-0.25, -0.2) is 0 Å².